The average Bonchev–Trinajstić information content (AvgIpc) is 3.39. The van der Waals surface area contributed by atoms with Gasteiger partial charge in [0, 0.05) is 23.8 Å². The second kappa shape index (κ2) is 13.1. The summed E-state index contributed by atoms with van der Waals surface area (Å²) in [5, 5.41) is 17.9. The number of ether oxygens (including phenoxy) is 2. The minimum Gasteiger partial charge on any atom is -0.464 e. The predicted molar refractivity (Wildman–Crippen MR) is 153 cm³/mol. The van der Waals surface area contributed by atoms with Crippen LogP contribution in [0.2, 0.25) is 0 Å². The Kier molecular flexibility index (Phi) is 9.59. The lowest BCUT2D eigenvalue weighted by atomic mass is 9.93. The Morgan fingerprint density at radius 3 is 2.54 bits per heavy atom. The molecule has 2 aromatic carbocycles. The van der Waals surface area contributed by atoms with Crippen molar-refractivity contribution in [2.75, 3.05) is 32.1 Å². The van der Waals surface area contributed by atoms with Crippen LogP contribution < -0.4 is 10.6 Å². The quantitative estimate of drug-likeness (QED) is 0.218. The Hall–Kier alpha value is -3.99. The molecule has 2 N–H and O–H groups in total. The van der Waals surface area contributed by atoms with Crippen molar-refractivity contribution in [2.24, 2.45) is 0 Å². The van der Waals surface area contributed by atoms with Gasteiger partial charge in [0.15, 0.2) is 5.54 Å². The molecule has 1 aliphatic carbocycles. The summed E-state index contributed by atoms with van der Waals surface area (Å²) in [5.41, 5.74) is 0.677. The molecule has 0 aromatic heterocycles. The van der Waals surface area contributed by atoms with Gasteiger partial charge >= 0.3 is 11.9 Å². The molecule has 1 aliphatic heterocycles. The summed E-state index contributed by atoms with van der Waals surface area (Å²) < 4.78 is 24.4. The number of nitrogens with one attached hydrogen (secondary N) is 2. The summed E-state index contributed by atoms with van der Waals surface area (Å²) >= 11 is 0. The van der Waals surface area contributed by atoms with Gasteiger partial charge < -0.3 is 20.1 Å². The second-order valence-corrected chi connectivity index (χ2v) is 10.4. The molecule has 0 saturated heterocycles. The van der Waals surface area contributed by atoms with Crippen molar-refractivity contribution in [3.05, 3.63) is 75.1 Å². The van der Waals surface area contributed by atoms with Gasteiger partial charge in [-0.1, -0.05) is 25.3 Å². The van der Waals surface area contributed by atoms with Crippen molar-refractivity contribution in [1.29, 1.82) is 0 Å². The van der Waals surface area contributed by atoms with Crippen LogP contribution in [0.25, 0.3) is 5.70 Å². The molecule has 1 unspecified atom stereocenters. The van der Waals surface area contributed by atoms with Crippen LogP contribution in [0.1, 0.15) is 67.4 Å². The molecule has 11 heteroatoms. The summed E-state index contributed by atoms with van der Waals surface area (Å²) in [6.45, 7) is 4.39. The van der Waals surface area contributed by atoms with E-state index in [2.05, 4.69) is 22.6 Å². The Morgan fingerprint density at radius 1 is 1.12 bits per heavy atom. The zero-order valence-electron chi connectivity index (χ0n) is 23.7. The second-order valence-electron chi connectivity index (χ2n) is 10.4. The van der Waals surface area contributed by atoms with Gasteiger partial charge in [0.25, 0.3) is 5.69 Å². The highest BCUT2D eigenvalue weighted by molar-refractivity contribution is 5.94. The average molecular weight is 569 g/mol. The van der Waals surface area contributed by atoms with E-state index in [0.29, 0.717) is 23.8 Å². The topological polar surface area (TPSA) is 123 Å². The number of nitro benzene ring substituents is 1. The summed E-state index contributed by atoms with van der Waals surface area (Å²) in [6.07, 6.45) is 7.47. The van der Waals surface area contributed by atoms with Gasteiger partial charge in [-0.3, -0.25) is 15.0 Å². The van der Waals surface area contributed by atoms with Crippen LogP contribution in [-0.4, -0.2) is 60.1 Å². The fraction of sp³-hybridized carbons (Fsp3) is 0.467. The summed E-state index contributed by atoms with van der Waals surface area (Å²) in [5.74, 6) is -1.81. The standard InChI is InChI=1S/C30H37FN4O6/c1-4-40-28(36)20-11-13-24(21(15-20)18-34(3)23-9-7-6-8-10-23)26-17-30(19-32-26,29(37)41-5-2)33-25-14-12-22(31)16-27(25)35(38)39/h11-17,23,32-33H,4-10,18-19H2,1-3H3. The molecule has 1 saturated carbocycles. The highest BCUT2D eigenvalue weighted by Gasteiger charge is 2.44. The first-order valence-corrected chi connectivity index (χ1v) is 14.0. The normalized spacial score (nSPS) is 18.9. The number of nitro groups is 1. The zero-order chi connectivity index (χ0) is 29.6. The molecule has 2 aliphatic rings. The van der Waals surface area contributed by atoms with E-state index in [4.69, 9.17) is 9.47 Å². The molecule has 0 radical (unpaired) electrons. The number of carbonyl (C=O) groups excluding carboxylic acids is 2. The van der Waals surface area contributed by atoms with Crippen molar-refractivity contribution < 1.29 is 28.4 Å². The Bertz CT molecular complexity index is 1330. The third kappa shape index (κ3) is 6.84. The minimum absolute atomic E-state index is 0.0151. The maximum atomic E-state index is 13.8. The van der Waals surface area contributed by atoms with Gasteiger partial charge in [-0.15, -0.1) is 0 Å². The largest absolute Gasteiger partial charge is 0.464 e. The maximum absolute atomic E-state index is 13.8. The number of hydrogen-bond acceptors (Lipinski definition) is 9. The molecule has 4 rings (SSSR count). The van der Waals surface area contributed by atoms with Crippen molar-refractivity contribution >= 4 is 29.0 Å². The van der Waals surface area contributed by atoms with Crippen molar-refractivity contribution in [3.63, 3.8) is 0 Å². The molecular weight excluding hydrogens is 531 g/mol. The van der Waals surface area contributed by atoms with E-state index in [1.165, 1.54) is 25.3 Å². The zero-order valence-corrected chi connectivity index (χ0v) is 23.7. The lowest BCUT2D eigenvalue weighted by Gasteiger charge is -2.32. The maximum Gasteiger partial charge on any atom is 0.338 e. The number of hydrogen-bond donors (Lipinski definition) is 2. The SMILES string of the molecule is CCOC(=O)c1ccc(C2=CC(Nc3ccc(F)cc3[N+](=O)[O-])(C(=O)OCC)CN2)c(CN(C)C2CCCCC2)c1. The monoisotopic (exact) mass is 568 g/mol. The first kappa shape index (κ1) is 30.0. The van der Waals surface area contributed by atoms with Crippen LogP contribution in [0.4, 0.5) is 15.8 Å². The fourth-order valence-corrected chi connectivity index (χ4v) is 5.53. The van der Waals surface area contributed by atoms with Crippen LogP contribution in [0, 0.1) is 15.9 Å². The number of carbonyl (C=O) groups is 2. The highest BCUT2D eigenvalue weighted by Crippen LogP contribution is 2.34. The predicted octanol–water partition coefficient (Wildman–Crippen LogP) is 5.03. The van der Waals surface area contributed by atoms with Gasteiger partial charge in [-0.25, -0.2) is 14.0 Å². The summed E-state index contributed by atoms with van der Waals surface area (Å²) in [6, 6.07) is 8.87. The van der Waals surface area contributed by atoms with E-state index >= 15 is 0 Å². The Balaban J connectivity index is 1.75. The Morgan fingerprint density at radius 2 is 1.85 bits per heavy atom. The molecule has 10 nitrogen and oxygen atoms in total. The molecule has 41 heavy (non-hydrogen) atoms. The van der Waals surface area contributed by atoms with E-state index in [9.17, 15) is 24.1 Å². The molecular formula is C30H37FN4O6. The molecule has 0 amide bonds. The molecule has 1 heterocycles. The first-order chi connectivity index (χ1) is 19.7. The van der Waals surface area contributed by atoms with Gasteiger partial charge in [-0.05, 0) is 69.6 Å². The molecule has 1 fully saturated rings. The number of rotatable bonds is 11. The van der Waals surface area contributed by atoms with Crippen LogP contribution in [0.3, 0.4) is 0 Å². The summed E-state index contributed by atoms with van der Waals surface area (Å²) in [7, 11) is 2.07. The van der Waals surface area contributed by atoms with Crippen LogP contribution in [-0.2, 0) is 20.8 Å². The number of benzene rings is 2. The third-order valence-electron chi connectivity index (χ3n) is 7.63. The van der Waals surface area contributed by atoms with E-state index in [1.54, 1.807) is 26.0 Å². The van der Waals surface area contributed by atoms with E-state index < -0.39 is 33.9 Å². The van der Waals surface area contributed by atoms with Gasteiger partial charge in [-0.2, -0.15) is 0 Å². The first-order valence-electron chi connectivity index (χ1n) is 14.0. The van der Waals surface area contributed by atoms with Gasteiger partial charge in [0.05, 0.1) is 36.3 Å². The van der Waals surface area contributed by atoms with E-state index in [0.717, 1.165) is 36.1 Å². The lowest BCUT2D eigenvalue weighted by Crippen LogP contribution is -2.49. The number of esters is 2. The van der Waals surface area contributed by atoms with Crippen molar-refractivity contribution in [1.82, 2.24) is 10.2 Å². The van der Waals surface area contributed by atoms with Crippen LogP contribution in [0.5, 0.6) is 0 Å². The molecule has 0 bridgehead atoms. The molecule has 2 aromatic rings. The van der Waals surface area contributed by atoms with E-state index in [1.807, 2.05) is 12.1 Å². The van der Waals surface area contributed by atoms with Gasteiger partial charge in [0.1, 0.15) is 11.5 Å². The Labute approximate surface area is 239 Å². The number of nitrogens with zero attached hydrogens (tertiary/aromatic N) is 2. The smallest absolute Gasteiger partial charge is 0.338 e. The molecule has 220 valence electrons. The van der Waals surface area contributed by atoms with Crippen LogP contribution in [0.15, 0.2) is 42.5 Å². The van der Waals surface area contributed by atoms with Gasteiger partial charge in [0.2, 0.25) is 0 Å². The van der Waals surface area contributed by atoms with Crippen LogP contribution >= 0.6 is 0 Å². The molecule has 1 atom stereocenters. The number of halogens is 1. The molecule has 0 spiro atoms. The minimum atomic E-state index is -1.50. The fourth-order valence-electron chi connectivity index (χ4n) is 5.53. The third-order valence-corrected chi connectivity index (χ3v) is 7.63. The summed E-state index contributed by atoms with van der Waals surface area (Å²) in [4.78, 5) is 39.1. The lowest BCUT2D eigenvalue weighted by molar-refractivity contribution is -0.384. The van der Waals surface area contributed by atoms with Crippen molar-refractivity contribution in [3.8, 4) is 0 Å². The number of anilines is 1. The highest BCUT2D eigenvalue weighted by atomic mass is 19.1. The van der Waals surface area contributed by atoms with Crippen molar-refractivity contribution in [2.45, 2.75) is 64.1 Å². The van der Waals surface area contributed by atoms with E-state index in [-0.39, 0.29) is 25.4 Å².